The van der Waals surface area contributed by atoms with Gasteiger partial charge in [0.2, 0.25) is 5.95 Å². The molecule has 1 aromatic rings. The molecule has 0 aliphatic heterocycles. The van der Waals surface area contributed by atoms with Gasteiger partial charge in [-0.05, 0) is 15.9 Å². The van der Waals surface area contributed by atoms with Crippen molar-refractivity contribution in [1.82, 2.24) is 9.97 Å². The number of hydrogen-bond acceptors (Lipinski definition) is 4. The van der Waals surface area contributed by atoms with Gasteiger partial charge in [-0.3, -0.25) is 0 Å². The molecule has 0 atom stereocenters. The molecule has 0 aliphatic carbocycles. The van der Waals surface area contributed by atoms with E-state index in [9.17, 15) is 17.6 Å². The molecule has 96 valence electrons. The van der Waals surface area contributed by atoms with Crippen LogP contribution in [0.5, 0.6) is 0 Å². The van der Waals surface area contributed by atoms with Crippen LogP contribution in [0.25, 0.3) is 0 Å². The zero-order valence-electron chi connectivity index (χ0n) is 8.65. The molecule has 2 N–H and O–H groups in total. The van der Waals surface area contributed by atoms with Gasteiger partial charge in [0.25, 0.3) is 0 Å². The maximum atomic E-state index is 12.7. The Bertz CT molecular complexity index is 388. The Morgan fingerprint density at radius 2 is 2.12 bits per heavy atom. The predicted molar refractivity (Wildman–Crippen MR) is 58.7 cm³/mol. The first kappa shape index (κ1) is 13.9. The summed E-state index contributed by atoms with van der Waals surface area (Å²) in [6, 6.07) is 0. The van der Waals surface area contributed by atoms with Crippen LogP contribution in [-0.4, -0.2) is 35.9 Å². The predicted octanol–water partition coefficient (Wildman–Crippen LogP) is 2.59. The fourth-order valence-corrected chi connectivity index (χ4v) is 1.22. The van der Waals surface area contributed by atoms with E-state index in [-0.39, 0.29) is 11.8 Å². The van der Waals surface area contributed by atoms with Crippen LogP contribution < -0.4 is 10.6 Å². The summed E-state index contributed by atoms with van der Waals surface area (Å²) in [5, 5.41) is 4.74. The van der Waals surface area contributed by atoms with E-state index in [0.717, 1.165) is 0 Å². The van der Waals surface area contributed by atoms with E-state index in [1.165, 1.54) is 6.20 Å². The highest BCUT2D eigenvalue weighted by atomic mass is 79.9. The number of anilines is 2. The lowest BCUT2D eigenvalue weighted by Crippen LogP contribution is -2.35. The van der Waals surface area contributed by atoms with Crippen LogP contribution >= 0.6 is 15.9 Å². The van der Waals surface area contributed by atoms with Gasteiger partial charge in [0.15, 0.2) is 0 Å². The van der Waals surface area contributed by atoms with Crippen molar-refractivity contribution in [3.05, 3.63) is 10.7 Å². The molecule has 0 unspecified atom stereocenters. The highest BCUT2D eigenvalue weighted by molar-refractivity contribution is 9.10. The number of nitrogens with one attached hydrogen (secondary N) is 2. The zero-order chi connectivity index (χ0) is 13.1. The Kier molecular flexibility index (Phi) is 4.49. The average molecular weight is 317 g/mol. The summed E-state index contributed by atoms with van der Waals surface area (Å²) in [5.74, 6) is -3.90. The molecule has 0 fully saturated rings. The Balaban J connectivity index is 2.75. The van der Waals surface area contributed by atoms with Crippen LogP contribution in [0.3, 0.4) is 0 Å². The van der Waals surface area contributed by atoms with Gasteiger partial charge in [-0.25, -0.2) is 13.8 Å². The van der Waals surface area contributed by atoms with Crippen molar-refractivity contribution in [2.45, 2.75) is 12.3 Å². The topological polar surface area (TPSA) is 49.8 Å². The maximum Gasteiger partial charge on any atom is 0.324 e. The third-order valence-electron chi connectivity index (χ3n) is 1.78. The summed E-state index contributed by atoms with van der Waals surface area (Å²) in [6.45, 7) is -1.20. The molecule has 0 aromatic carbocycles. The Labute approximate surface area is 103 Å². The fourth-order valence-electron chi connectivity index (χ4n) is 0.890. The minimum Gasteiger partial charge on any atom is -0.363 e. The van der Waals surface area contributed by atoms with Gasteiger partial charge in [0, 0.05) is 13.2 Å². The van der Waals surface area contributed by atoms with Gasteiger partial charge in [-0.1, -0.05) is 0 Å². The summed E-state index contributed by atoms with van der Waals surface area (Å²) in [5.41, 5.74) is 0. The van der Waals surface area contributed by atoms with E-state index in [4.69, 9.17) is 0 Å². The summed E-state index contributed by atoms with van der Waals surface area (Å²) < 4.78 is 49.5. The van der Waals surface area contributed by atoms with Gasteiger partial charge < -0.3 is 10.6 Å². The molecule has 1 rings (SSSR count). The lowest BCUT2D eigenvalue weighted by molar-refractivity contribution is -0.117. The van der Waals surface area contributed by atoms with Crippen molar-refractivity contribution in [3.8, 4) is 0 Å². The Hall–Kier alpha value is -1.12. The van der Waals surface area contributed by atoms with E-state index in [2.05, 4.69) is 36.5 Å². The standard InChI is InChI=1S/C8H9BrF4N4/c1-14-7-15-2-4(9)5(17-7)16-3-8(12,13)6(10)11/h2,6H,3H2,1H3,(H2,14,15,16,17). The van der Waals surface area contributed by atoms with E-state index in [1.54, 1.807) is 7.05 Å². The van der Waals surface area contributed by atoms with Crippen molar-refractivity contribution < 1.29 is 17.6 Å². The molecule has 0 radical (unpaired) electrons. The van der Waals surface area contributed by atoms with Crippen molar-refractivity contribution in [1.29, 1.82) is 0 Å². The summed E-state index contributed by atoms with van der Waals surface area (Å²) >= 11 is 3.02. The van der Waals surface area contributed by atoms with Crippen LogP contribution in [0, 0.1) is 0 Å². The van der Waals surface area contributed by atoms with Crippen molar-refractivity contribution in [3.63, 3.8) is 0 Å². The molecule has 9 heteroatoms. The highest BCUT2D eigenvalue weighted by Gasteiger charge is 2.40. The first-order valence-corrected chi connectivity index (χ1v) is 5.26. The highest BCUT2D eigenvalue weighted by Crippen LogP contribution is 2.25. The smallest absolute Gasteiger partial charge is 0.324 e. The number of rotatable bonds is 5. The molecule has 0 amide bonds. The quantitative estimate of drug-likeness (QED) is 0.820. The summed E-state index contributed by atoms with van der Waals surface area (Å²) in [7, 11) is 1.54. The van der Waals surface area contributed by atoms with Gasteiger partial charge in [-0.2, -0.15) is 13.8 Å². The van der Waals surface area contributed by atoms with Crippen LogP contribution in [0.1, 0.15) is 0 Å². The average Bonchev–Trinajstić information content (AvgIpc) is 2.28. The van der Waals surface area contributed by atoms with Crippen LogP contribution in [0.4, 0.5) is 29.3 Å². The minimum atomic E-state index is -4.11. The molecular formula is C8H9BrF4N4. The Morgan fingerprint density at radius 1 is 1.47 bits per heavy atom. The molecule has 0 saturated carbocycles. The van der Waals surface area contributed by atoms with Crippen LogP contribution in [-0.2, 0) is 0 Å². The third kappa shape index (κ3) is 3.69. The second-order valence-corrected chi connectivity index (χ2v) is 3.91. The molecule has 0 aliphatic rings. The molecule has 0 saturated heterocycles. The molecule has 1 aromatic heterocycles. The molecule has 0 spiro atoms. The molecular weight excluding hydrogens is 308 g/mol. The molecule has 1 heterocycles. The summed E-state index contributed by atoms with van der Waals surface area (Å²) in [4.78, 5) is 7.59. The number of aromatic nitrogens is 2. The molecule has 17 heavy (non-hydrogen) atoms. The molecule has 0 bridgehead atoms. The monoisotopic (exact) mass is 316 g/mol. The first-order valence-electron chi connectivity index (χ1n) is 4.47. The second kappa shape index (κ2) is 5.48. The van der Waals surface area contributed by atoms with Crippen LogP contribution in [0.15, 0.2) is 10.7 Å². The maximum absolute atomic E-state index is 12.7. The normalized spacial score (nSPS) is 11.7. The second-order valence-electron chi connectivity index (χ2n) is 3.06. The lowest BCUT2D eigenvalue weighted by atomic mass is 10.3. The van der Waals surface area contributed by atoms with E-state index < -0.39 is 18.9 Å². The van der Waals surface area contributed by atoms with Gasteiger partial charge >= 0.3 is 12.3 Å². The minimum absolute atomic E-state index is 0.0182. The van der Waals surface area contributed by atoms with Gasteiger partial charge in [0.1, 0.15) is 5.82 Å². The Morgan fingerprint density at radius 3 is 2.65 bits per heavy atom. The first-order chi connectivity index (χ1) is 7.86. The SMILES string of the molecule is CNc1ncc(Br)c(NCC(F)(F)C(F)F)n1. The van der Waals surface area contributed by atoms with E-state index >= 15 is 0 Å². The fraction of sp³-hybridized carbons (Fsp3) is 0.500. The lowest BCUT2D eigenvalue weighted by Gasteiger charge is -2.16. The van der Waals surface area contributed by atoms with Gasteiger partial charge in [0.05, 0.1) is 11.0 Å². The number of hydrogen-bond donors (Lipinski definition) is 2. The van der Waals surface area contributed by atoms with Crippen molar-refractivity contribution in [2.24, 2.45) is 0 Å². The van der Waals surface area contributed by atoms with Crippen LogP contribution in [0.2, 0.25) is 0 Å². The summed E-state index contributed by atoms with van der Waals surface area (Å²) in [6.07, 6.45) is -2.40. The van der Waals surface area contributed by atoms with E-state index in [0.29, 0.717) is 4.47 Å². The zero-order valence-corrected chi connectivity index (χ0v) is 10.2. The van der Waals surface area contributed by atoms with Gasteiger partial charge in [-0.15, -0.1) is 0 Å². The number of nitrogens with zero attached hydrogens (tertiary/aromatic N) is 2. The third-order valence-corrected chi connectivity index (χ3v) is 2.36. The number of halogens is 5. The largest absolute Gasteiger partial charge is 0.363 e. The van der Waals surface area contributed by atoms with E-state index in [1.807, 2.05) is 0 Å². The van der Waals surface area contributed by atoms with Crippen molar-refractivity contribution >= 4 is 27.7 Å². The van der Waals surface area contributed by atoms with Crippen molar-refractivity contribution in [2.75, 3.05) is 24.2 Å². The molecule has 4 nitrogen and oxygen atoms in total. The number of alkyl halides is 4.